The first-order chi connectivity index (χ1) is 6.15. The summed E-state index contributed by atoms with van der Waals surface area (Å²) >= 11 is 0. The lowest BCUT2D eigenvalue weighted by atomic mass is 10.1. The molecule has 0 spiro atoms. The van der Waals surface area contributed by atoms with Crippen LogP contribution in [0.3, 0.4) is 0 Å². The number of aromatic carboxylic acids is 1. The zero-order valence-electron chi connectivity index (χ0n) is 7.32. The van der Waals surface area contributed by atoms with Crippen molar-refractivity contribution in [1.82, 2.24) is 5.43 Å². The van der Waals surface area contributed by atoms with E-state index in [0.29, 0.717) is 0 Å². The molecule has 4 N–H and O–H groups in total. The summed E-state index contributed by atoms with van der Waals surface area (Å²) in [6.07, 6.45) is 0. The predicted octanol–water partition coefficient (Wildman–Crippen LogP) is 0.909. The van der Waals surface area contributed by atoms with Gasteiger partial charge in [0.15, 0.2) is 0 Å². The fraction of sp³-hybridized carbons (Fsp3) is 0.222. The number of hydrogen-bond acceptors (Lipinski definition) is 3. The Balaban J connectivity index is 2.87. The highest BCUT2D eigenvalue weighted by molar-refractivity contribution is 5.87. The van der Waals surface area contributed by atoms with Crippen molar-refractivity contribution in [3.63, 3.8) is 0 Å². The Kier molecular flexibility index (Phi) is 3.00. The molecule has 0 fully saturated rings. The van der Waals surface area contributed by atoms with Gasteiger partial charge in [-0.05, 0) is 24.6 Å². The molecule has 0 aliphatic heterocycles. The summed E-state index contributed by atoms with van der Waals surface area (Å²) in [6.45, 7) is 1.90. The smallest absolute Gasteiger partial charge is 0.335 e. The van der Waals surface area contributed by atoms with E-state index in [9.17, 15) is 4.79 Å². The number of hydrogen-bond donors (Lipinski definition) is 3. The number of carbonyl (C=O) groups is 1. The average molecular weight is 180 g/mol. The quantitative estimate of drug-likeness (QED) is 0.477. The third-order valence-electron chi connectivity index (χ3n) is 1.91. The minimum Gasteiger partial charge on any atom is -0.478 e. The minimum absolute atomic E-state index is 0.0304. The first kappa shape index (κ1) is 9.70. The monoisotopic (exact) mass is 180 g/mol. The molecule has 4 nitrogen and oxygen atoms in total. The van der Waals surface area contributed by atoms with Crippen molar-refractivity contribution < 1.29 is 9.90 Å². The van der Waals surface area contributed by atoms with Gasteiger partial charge in [0.1, 0.15) is 0 Å². The summed E-state index contributed by atoms with van der Waals surface area (Å²) in [6, 6.07) is 6.64. The van der Waals surface area contributed by atoms with Crippen molar-refractivity contribution >= 4 is 5.97 Å². The van der Waals surface area contributed by atoms with E-state index < -0.39 is 5.97 Å². The Bertz CT molecular complexity index is 295. The van der Waals surface area contributed by atoms with Crippen LogP contribution in [0.1, 0.15) is 28.9 Å². The third-order valence-corrected chi connectivity index (χ3v) is 1.91. The average Bonchev–Trinajstić information content (AvgIpc) is 2.17. The number of nitrogens with two attached hydrogens (primary N) is 1. The number of carboxylic acid groups (broad SMARTS) is 1. The van der Waals surface area contributed by atoms with Gasteiger partial charge in [-0.3, -0.25) is 11.3 Å². The van der Waals surface area contributed by atoms with Crippen molar-refractivity contribution in [2.45, 2.75) is 13.0 Å². The van der Waals surface area contributed by atoms with Crippen molar-refractivity contribution in [1.29, 1.82) is 0 Å². The third kappa shape index (κ3) is 2.27. The standard InChI is InChI=1S/C9H12N2O2/c1-6(11-10)7-2-4-8(5-3-7)9(12)13/h2-6,11H,10H2,1H3,(H,12,13). The maximum absolute atomic E-state index is 10.5. The molecular formula is C9H12N2O2. The molecule has 0 aromatic heterocycles. The molecule has 1 atom stereocenters. The second kappa shape index (κ2) is 4.02. The summed E-state index contributed by atoms with van der Waals surface area (Å²) < 4.78 is 0. The van der Waals surface area contributed by atoms with Crippen LogP contribution in [0.25, 0.3) is 0 Å². The second-order valence-electron chi connectivity index (χ2n) is 2.82. The van der Waals surface area contributed by atoms with E-state index in [2.05, 4.69) is 5.43 Å². The molecule has 0 amide bonds. The van der Waals surface area contributed by atoms with E-state index in [-0.39, 0.29) is 11.6 Å². The number of benzene rings is 1. The van der Waals surface area contributed by atoms with E-state index in [1.807, 2.05) is 6.92 Å². The molecule has 4 heteroatoms. The molecule has 0 heterocycles. The Labute approximate surface area is 76.3 Å². The highest BCUT2D eigenvalue weighted by Gasteiger charge is 2.04. The largest absolute Gasteiger partial charge is 0.478 e. The second-order valence-corrected chi connectivity index (χ2v) is 2.82. The number of nitrogens with one attached hydrogen (secondary N) is 1. The Hall–Kier alpha value is -1.39. The number of hydrazine groups is 1. The van der Waals surface area contributed by atoms with Gasteiger partial charge in [0.2, 0.25) is 0 Å². The molecule has 1 rings (SSSR count). The summed E-state index contributed by atoms with van der Waals surface area (Å²) in [7, 11) is 0. The van der Waals surface area contributed by atoms with Crippen LogP contribution in [-0.2, 0) is 0 Å². The highest BCUT2D eigenvalue weighted by Crippen LogP contribution is 2.11. The highest BCUT2D eigenvalue weighted by atomic mass is 16.4. The van der Waals surface area contributed by atoms with Crippen LogP contribution in [-0.4, -0.2) is 11.1 Å². The molecule has 13 heavy (non-hydrogen) atoms. The van der Waals surface area contributed by atoms with Gasteiger partial charge < -0.3 is 5.11 Å². The predicted molar refractivity (Wildman–Crippen MR) is 49.1 cm³/mol. The first-order valence-electron chi connectivity index (χ1n) is 3.94. The fourth-order valence-electron chi connectivity index (χ4n) is 1.01. The number of carboxylic acids is 1. The fourth-order valence-corrected chi connectivity index (χ4v) is 1.01. The first-order valence-corrected chi connectivity index (χ1v) is 3.94. The molecule has 0 aliphatic rings. The lowest BCUT2D eigenvalue weighted by Gasteiger charge is -2.09. The minimum atomic E-state index is -0.917. The Morgan fingerprint density at radius 1 is 1.46 bits per heavy atom. The zero-order valence-corrected chi connectivity index (χ0v) is 7.32. The maximum Gasteiger partial charge on any atom is 0.335 e. The molecule has 1 unspecified atom stereocenters. The summed E-state index contributed by atoms with van der Waals surface area (Å²) in [5, 5.41) is 8.63. The molecule has 0 aliphatic carbocycles. The maximum atomic E-state index is 10.5. The van der Waals surface area contributed by atoms with Crippen LogP contribution in [0.4, 0.5) is 0 Å². The van der Waals surface area contributed by atoms with Gasteiger partial charge in [0.25, 0.3) is 0 Å². The van der Waals surface area contributed by atoms with Crippen LogP contribution < -0.4 is 11.3 Å². The molecular weight excluding hydrogens is 168 g/mol. The van der Waals surface area contributed by atoms with E-state index in [4.69, 9.17) is 10.9 Å². The molecule has 0 saturated heterocycles. The molecule has 70 valence electrons. The van der Waals surface area contributed by atoms with E-state index in [1.165, 1.54) is 0 Å². The van der Waals surface area contributed by atoms with Gasteiger partial charge in [-0.15, -0.1) is 0 Å². The van der Waals surface area contributed by atoms with Gasteiger partial charge in [0, 0.05) is 6.04 Å². The summed E-state index contributed by atoms with van der Waals surface area (Å²) in [4.78, 5) is 10.5. The van der Waals surface area contributed by atoms with E-state index >= 15 is 0 Å². The van der Waals surface area contributed by atoms with Crippen LogP contribution in [0, 0.1) is 0 Å². The van der Waals surface area contributed by atoms with Crippen molar-refractivity contribution in [3.8, 4) is 0 Å². The number of rotatable bonds is 3. The molecule has 0 bridgehead atoms. The molecule has 0 saturated carbocycles. The normalized spacial score (nSPS) is 12.5. The van der Waals surface area contributed by atoms with Crippen molar-refractivity contribution in [3.05, 3.63) is 35.4 Å². The van der Waals surface area contributed by atoms with E-state index in [0.717, 1.165) is 5.56 Å². The van der Waals surface area contributed by atoms with E-state index in [1.54, 1.807) is 24.3 Å². The van der Waals surface area contributed by atoms with Crippen LogP contribution in [0.15, 0.2) is 24.3 Å². The Morgan fingerprint density at radius 2 is 2.00 bits per heavy atom. The topological polar surface area (TPSA) is 75.3 Å². The van der Waals surface area contributed by atoms with Gasteiger partial charge in [-0.1, -0.05) is 12.1 Å². The van der Waals surface area contributed by atoms with Gasteiger partial charge in [-0.25, -0.2) is 4.79 Å². The summed E-state index contributed by atoms with van der Waals surface area (Å²) in [5.41, 5.74) is 3.83. The van der Waals surface area contributed by atoms with Gasteiger partial charge in [-0.2, -0.15) is 0 Å². The van der Waals surface area contributed by atoms with Gasteiger partial charge in [0.05, 0.1) is 5.56 Å². The van der Waals surface area contributed by atoms with Gasteiger partial charge >= 0.3 is 5.97 Å². The molecule has 0 radical (unpaired) electrons. The lowest BCUT2D eigenvalue weighted by molar-refractivity contribution is 0.0697. The van der Waals surface area contributed by atoms with Crippen molar-refractivity contribution in [2.75, 3.05) is 0 Å². The van der Waals surface area contributed by atoms with Crippen LogP contribution in [0.5, 0.6) is 0 Å². The SMILES string of the molecule is CC(NN)c1ccc(C(=O)O)cc1. The lowest BCUT2D eigenvalue weighted by Crippen LogP contribution is -2.25. The van der Waals surface area contributed by atoms with Crippen molar-refractivity contribution in [2.24, 2.45) is 5.84 Å². The zero-order chi connectivity index (χ0) is 9.84. The molecule has 1 aromatic carbocycles. The molecule has 1 aromatic rings. The summed E-state index contributed by atoms with van der Waals surface area (Å²) in [5.74, 6) is 4.32. The Morgan fingerprint density at radius 3 is 2.38 bits per heavy atom. The van der Waals surface area contributed by atoms with Crippen LogP contribution >= 0.6 is 0 Å². The van der Waals surface area contributed by atoms with Crippen LogP contribution in [0.2, 0.25) is 0 Å².